The first-order chi connectivity index (χ1) is 12.7. The molecule has 0 radical (unpaired) electrons. The van der Waals surface area contributed by atoms with Crippen molar-refractivity contribution in [2.75, 3.05) is 6.54 Å². The van der Waals surface area contributed by atoms with Gasteiger partial charge in [0.05, 0.1) is 11.9 Å². The van der Waals surface area contributed by atoms with Crippen molar-refractivity contribution in [2.45, 2.75) is 24.3 Å². The van der Waals surface area contributed by atoms with Crippen molar-refractivity contribution in [1.82, 2.24) is 20.3 Å². The Labute approximate surface area is 164 Å². The molecule has 0 atom stereocenters. The number of hydrogen-bond donors (Lipinski definition) is 2. The third-order valence-electron chi connectivity index (χ3n) is 5.17. The number of halogens is 1. The number of hydrogen-bond acceptors (Lipinski definition) is 4. The van der Waals surface area contributed by atoms with E-state index in [0.29, 0.717) is 12.2 Å². The third kappa shape index (κ3) is 3.59. The fraction of sp³-hybridized carbons (Fsp3) is 0.250. The van der Waals surface area contributed by atoms with E-state index < -0.39 is 0 Å². The van der Waals surface area contributed by atoms with Gasteiger partial charge in [-0.2, -0.15) is 0 Å². The number of carbonyl (C=O) groups excluding carboxylic acids is 1. The maximum atomic E-state index is 12.7. The zero-order valence-electron chi connectivity index (χ0n) is 14.8. The molecular weight excluding hydrogens is 362 g/mol. The van der Waals surface area contributed by atoms with Crippen LogP contribution >= 0.6 is 12.4 Å². The number of aromatic nitrogens is 3. The molecule has 0 bridgehead atoms. The second kappa shape index (κ2) is 7.90. The maximum Gasteiger partial charge on any atom is 0.271 e. The van der Waals surface area contributed by atoms with Gasteiger partial charge >= 0.3 is 0 Å². The van der Waals surface area contributed by atoms with Crippen molar-refractivity contribution in [3.8, 4) is 5.69 Å². The molecule has 1 aliphatic rings. The van der Waals surface area contributed by atoms with Crippen LogP contribution in [-0.4, -0.2) is 33.5 Å². The molecular formula is C20H22ClN5O. The van der Waals surface area contributed by atoms with E-state index in [9.17, 15) is 4.79 Å². The number of para-hydroxylation sites is 1. The van der Waals surface area contributed by atoms with Crippen LogP contribution in [-0.2, 0) is 5.41 Å². The van der Waals surface area contributed by atoms with Crippen molar-refractivity contribution in [1.29, 1.82) is 0 Å². The van der Waals surface area contributed by atoms with Crippen LogP contribution < -0.4 is 11.1 Å². The highest BCUT2D eigenvalue weighted by Gasteiger charge is 2.45. The molecule has 2 aromatic carbocycles. The largest absolute Gasteiger partial charge is 0.348 e. The summed E-state index contributed by atoms with van der Waals surface area (Å²) >= 11 is 0. The number of amides is 1. The van der Waals surface area contributed by atoms with Gasteiger partial charge in [0.15, 0.2) is 5.69 Å². The van der Waals surface area contributed by atoms with Crippen molar-refractivity contribution >= 4 is 18.3 Å². The third-order valence-corrected chi connectivity index (χ3v) is 5.17. The molecule has 0 spiro atoms. The molecule has 1 aliphatic carbocycles. The van der Waals surface area contributed by atoms with Gasteiger partial charge in [-0.25, -0.2) is 4.68 Å². The second-order valence-corrected chi connectivity index (χ2v) is 6.80. The van der Waals surface area contributed by atoms with Crippen LogP contribution in [0.2, 0.25) is 0 Å². The smallest absolute Gasteiger partial charge is 0.271 e. The number of nitrogens with two attached hydrogens (primary N) is 1. The lowest BCUT2D eigenvalue weighted by Gasteiger charge is -2.47. The molecule has 7 heteroatoms. The quantitative estimate of drug-likeness (QED) is 0.708. The minimum atomic E-state index is -0.164. The summed E-state index contributed by atoms with van der Waals surface area (Å²) in [5.74, 6) is -0.164. The van der Waals surface area contributed by atoms with Gasteiger partial charge in [-0.05, 0) is 30.5 Å². The molecule has 6 nitrogen and oxygen atoms in total. The van der Waals surface area contributed by atoms with Crippen molar-refractivity contribution in [3.05, 3.63) is 78.1 Å². The second-order valence-electron chi connectivity index (χ2n) is 6.80. The van der Waals surface area contributed by atoms with Crippen LogP contribution in [0.4, 0.5) is 0 Å². The van der Waals surface area contributed by atoms with E-state index in [1.165, 1.54) is 11.8 Å². The number of nitrogens with one attached hydrogen (secondary N) is 1. The lowest BCUT2D eigenvalue weighted by Crippen LogP contribution is -2.56. The van der Waals surface area contributed by atoms with Gasteiger partial charge in [0.2, 0.25) is 0 Å². The van der Waals surface area contributed by atoms with Crippen molar-refractivity contribution in [3.63, 3.8) is 0 Å². The number of rotatable bonds is 5. The van der Waals surface area contributed by atoms with E-state index in [4.69, 9.17) is 5.73 Å². The Balaban J connectivity index is 0.00000210. The minimum absolute atomic E-state index is 0. The zero-order chi connectivity index (χ0) is 18.0. The summed E-state index contributed by atoms with van der Waals surface area (Å²) < 4.78 is 1.56. The average Bonchev–Trinajstić information content (AvgIpc) is 3.15. The van der Waals surface area contributed by atoms with Crippen molar-refractivity contribution in [2.24, 2.45) is 5.73 Å². The van der Waals surface area contributed by atoms with Gasteiger partial charge in [-0.15, -0.1) is 17.5 Å². The van der Waals surface area contributed by atoms with Gasteiger partial charge in [0.1, 0.15) is 0 Å². The molecule has 0 aliphatic heterocycles. The van der Waals surface area contributed by atoms with Crippen LogP contribution in [0.5, 0.6) is 0 Å². The van der Waals surface area contributed by atoms with E-state index in [1.807, 2.05) is 48.5 Å². The Kier molecular flexibility index (Phi) is 5.58. The molecule has 1 fully saturated rings. The SMILES string of the molecule is Cl.NCC1(c2ccccc2)CC(NC(=O)c2cnnn2-c2ccccc2)C1. The van der Waals surface area contributed by atoms with Crippen LogP contribution in [0.3, 0.4) is 0 Å². The highest BCUT2D eigenvalue weighted by Crippen LogP contribution is 2.43. The molecule has 0 saturated heterocycles. The highest BCUT2D eigenvalue weighted by molar-refractivity contribution is 5.93. The van der Waals surface area contributed by atoms with E-state index in [1.54, 1.807) is 4.68 Å². The predicted molar refractivity (Wildman–Crippen MR) is 106 cm³/mol. The van der Waals surface area contributed by atoms with Crippen LogP contribution in [0.1, 0.15) is 28.9 Å². The molecule has 1 heterocycles. The monoisotopic (exact) mass is 383 g/mol. The Morgan fingerprint density at radius 3 is 2.37 bits per heavy atom. The Hall–Kier alpha value is -2.70. The first kappa shape index (κ1) is 19.1. The van der Waals surface area contributed by atoms with E-state index in [-0.39, 0.29) is 29.8 Å². The van der Waals surface area contributed by atoms with Gasteiger partial charge in [0, 0.05) is 18.0 Å². The summed E-state index contributed by atoms with van der Waals surface area (Å²) in [7, 11) is 0. The first-order valence-corrected chi connectivity index (χ1v) is 8.74. The standard InChI is InChI=1S/C20H21N5O.ClH/c21-14-20(15-7-3-1-4-8-15)11-16(12-20)23-19(26)18-13-22-24-25(18)17-9-5-2-6-10-17;/h1-10,13,16H,11-12,14,21H2,(H,23,26);1H. The Morgan fingerprint density at radius 1 is 1.11 bits per heavy atom. The number of benzene rings is 2. The molecule has 1 amide bonds. The van der Waals surface area contributed by atoms with Crippen LogP contribution in [0.15, 0.2) is 66.9 Å². The van der Waals surface area contributed by atoms with Gasteiger partial charge in [0.25, 0.3) is 5.91 Å². The lowest BCUT2D eigenvalue weighted by molar-refractivity contribution is 0.0858. The first-order valence-electron chi connectivity index (χ1n) is 8.74. The van der Waals surface area contributed by atoms with Crippen LogP contribution in [0.25, 0.3) is 5.69 Å². The summed E-state index contributed by atoms with van der Waals surface area (Å²) in [5, 5.41) is 11.0. The van der Waals surface area contributed by atoms with Gasteiger partial charge in [-0.1, -0.05) is 53.7 Å². The summed E-state index contributed by atoms with van der Waals surface area (Å²) in [6, 6.07) is 19.9. The highest BCUT2D eigenvalue weighted by atomic mass is 35.5. The summed E-state index contributed by atoms with van der Waals surface area (Å²) in [6.45, 7) is 0.576. The lowest BCUT2D eigenvalue weighted by atomic mass is 9.61. The summed E-state index contributed by atoms with van der Waals surface area (Å²) in [6.07, 6.45) is 3.17. The number of carbonyl (C=O) groups is 1. The zero-order valence-corrected chi connectivity index (χ0v) is 15.6. The molecule has 0 unspecified atom stereocenters. The topological polar surface area (TPSA) is 85.8 Å². The van der Waals surface area contributed by atoms with E-state index in [0.717, 1.165) is 18.5 Å². The van der Waals surface area contributed by atoms with Crippen LogP contribution in [0, 0.1) is 0 Å². The fourth-order valence-corrected chi connectivity index (χ4v) is 3.71. The average molecular weight is 384 g/mol. The predicted octanol–water partition coefficient (Wildman–Crippen LogP) is 2.48. The normalized spacial score (nSPS) is 21.0. The molecule has 27 heavy (non-hydrogen) atoms. The Morgan fingerprint density at radius 2 is 1.74 bits per heavy atom. The molecule has 1 aromatic heterocycles. The molecule has 140 valence electrons. The number of nitrogens with zero attached hydrogens (tertiary/aromatic N) is 3. The van der Waals surface area contributed by atoms with Crippen molar-refractivity contribution < 1.29 is 4.79 Å². The molecule has 4 rings (SSSR count). The minimum Gasteiger partial charge on any atom is -0.348 e. The maximum absolute atomic E-state index is 12.7. The Bertz CT molecular complexity index is 891. The summed E-state index contributed by atoms with van der Waals surface area (Å²) in [5.41, 5.74) is 8.49. The molecule has 3 aromatic rings. The van der Waals surface area contributed by atoms with Gasteiger partial charge < -0.3 is 11.1 Å². The van der Waals surface area contributed by atoms with E-state index in [2.05, 4.69) is 27.8 Å². The van der Waals surface area contributed by atoms with E-state index >= 15 is 0 Å². The summed E-state index contributed by atoms with van der Waals surface area (Å²) in [4.78, 5) is 12.7. The molecule has 3 N–H and O–H groups in total. The van der Waals surface area contributed by atoms with Gasteiger partial charge in [-0.3, -0.25) is 4.79 Å². The molecule has 1 saturated carbocycles. The fourth-order valence-electron chi connectivity index (χ4n) is 3.71.